The van der Waals surface area contributed by atoms with Crippen molar-refractivity contribution in [2.75, 3.05) is 54.6 Å². The lowest BCUT2D eigenvalue weighted by Gasteiger charge is -2.16. The van der Waals surface area contributed by atoms with E-state index in [1.54, 1.807) is 56.3 Å². The average molecular weight is 1300 g/mol. The van der Waals surface area contributed by atoms with Gasteiger partial charge in [0.2, 0.25) is 17.8 Å². The molecule has 0 amide bonds. The normalized spacial score (nSPS) is 11.8. The number of aromatic nitrogens is 4. The molecule has 0 saturated carbocycles. The van der Waals surface area contributed by atoms with Crippen LogP contribution in [0, 0.1) is 40.9 Å². The third-order valence-electron chi connectivity index (χ3n) is 12.2. The van der Waals surface area contributed by atoms with Crippen molar-refractivity contribution in [2.24, 2.45) is 20.5 Å². The number of carbonyl (C=O) groups excluding carboxylic acids is 1. The molecule has 0 aliphatic rings. The smallest absolute Gasteiger partial charge is 0.307 e. The van der Waals surface area contributed by atoms with Gasteiger partial charge in [-0.25, -0.2) is 4.98 Å². The van der Waals surface area contributed by atoms with Crippen LogP contribution in [0.4, 0.5) is 73.6 Å². The molecule has 0 aliphatic heterocycles. The fourth-order valence-electron chi connectivity index (χ4n) is 7.88. The maximum Gasteiger partial charge on any atom is 0.307 e. The van der Waals surface area contributed by atoms with Crippen LogP contribution >= 0.6 is 11.3 Å². The number of carbonyl (C=O) groups is 1. The molecule has 0 unspecified atom stereocenters. The maximum atomic E-state index is 13.0. The van der Waals surface area contributed by atoms with Gasteiger partial charge in [-0.3, -0.25) is 21.9 Å². The Labute approximate surface area is 512 Å². The van der Waals surface area contributed by atoms with E-state index in [2.05, 4.69) is 88.6 Å². The van der Waals surface area contributed by atoms with Crippen molar-refractivity contribution in [1.29, 1.82) is 15.8 Å². The van der Waals surface area contributed by atoms with Crippen LogP contribution in [0.1, 0.15) is 41.2 Å². The van der Waals surface area contributed by atoms with Gasteiger partial charge in [-0.1, -0.05) is 48.6 Å². The van der Waals surface area contributed by atoms with Gasteiger partial charge in [0.1, 0.15) is 50.8 Å². The number of anilines is 9. The van der Waals surface area contributed by atoms with Crippen LogP contribution in [-0.4, -0.2) is 92.2 Å². The molecule has 6 N–H and O–H groups in total. The van der Waals surface area contributed by atoms with Crippen LogP contribution in [0.3, 0.4) is 0 Å². The molecule has 0 bridgehead atoms. The number of pyridine rings is 1. The zero-order chi connectivity index (χ0) is 64.3. The van der Waals surface area contributed by atoms with Crippen molar-refractivity contribution in [1.82, 2.24) is 19.9 Å². The van der Waals surface area contributed by atoms with Gasteiger partial charge in [0.15, 0.2) is 23.4 Å². The molecule has 3 heterocycles. The molecule has 0 spiro atoms. The zero-order valence-corrected chi connectivity index (χ0v) is 50.9. The molecule has 0 radical (unpaired) electrons. The first-order valence-corrected chi connectivity index (χ1v) is 31.9. The summed E-state index contributed by atoms with van der Waals surface area (Å²) in [6.07, 6.45) is 0.0464. The van der Waals surface area contributed by atoms with Gasteiger partial charge >= 0.3 is 5.97 Å². The molecule has 35 heteroatoms. The molecule has 0 saturated heterocycles. The highest BCUT2D eigenvalue weighted by molar-refractivity contribution is 7.87. The molecular weight excluding hydrogens is 1260 g/mol. The molecule has 456 valence electrons. The molecule has 8 rings (SSSR count). The van der Waals surface area contributed by atoms with Crippen LogP contribution < -0.4 is 26.6 Å². The van der Waals surface area contributed by atoms with Gasteiger partial charge in [0, 0.05) is 34.6 Å². The van der Waals surface area contributed by atoms with Crippen molar-refractivity contribution < 1.29 is 60.3 Å². The van der Waals surface area contributed by atoms with Crippen LogP contribution in [-0.2, 0) is 68.3 Å². The SMILES string of the molecule is CCC(=O)OCNc1nc(Nc2ccc(-c3c(N=Nc4ccccc4C#N)sc(N=Nc4c(Nc5ccc(S(=O)(=O)OC)cc5)nc(Nc5ccc(S(=O)(=O)OC)cc5)c(C#N)c4C)c3C#N)cc2)nc(Nc2cc(CS(=O)(=O)O)ccc2S(=O)(=O)OC)n1. The van der Waals surface area contributed by atoms with Gasteiger partial charge in [-0.15, -0.1) is 20.5 Å². The summed E-state index contributed by atoms with van der Waals surface area (Å²) in [5, 5.41) is 64.0. The van der Waals surface area contributed by atoms with Gasteiger partial charge in [-0.2, -0.15) is 64.4 Å². The van der Waals surface area contributed by atoms with E-state index in [0.29, 0.717) is 16.9 Å². The number of nitriles is 3. The summed E-state index contributed by atoms with van der Waals surface area (Å²) in [6.45, 7) is 2.72. The van der Waals surface area contributed by atoms with Crippen molar-refractivity contribution in [2.45, 2.75) is 40.7 Å². The van der Waals surface area contributed by atoms with Crippen LogP contribution in [0.2, 0.25) is 0 Å². The molecule has 3 aromatic heterocycles. The van der Waals surface area contributed by atoms with Gasteiger partial charge < -0.3 is 31.3 Å². The molecule has 8 aromatic rings. The second-order valence-electron chi connectivity index (χ2n) is 17.9. The summed E-state index contributed by atoms with van der Waals surface area (Å²) in [7, 11) is -14.2. The summed E-state index contributed by atoms with van der Waals surface area (Å²) in [6, 6.07) is 33.2. The Morgan fingerprint density at radius 3 is 1.73 bits per heavy atom. The molecule has 30 nitrogen and oxygen atoms in total. The molecule has 0 atom stereocenters. The average Bonchev–Trinajstić information content (AvgIpc) is 3.12. The fraction of sp³-hybridized carbons (Fsp3) is 0.148. The highest BCUT2D eigenvalue weighted by atomic mass is 32.2. The number of benzene rings is 5. The standard InChI is InChI=1S/C54H46N16O14S5/c1-6-45(71)84-30-58-52-64-53(66-54(65-52)62-43-25-32(29-86(72,73)74)11-24-44(43)89(79,80)83-5)61-37-14-12-33(13-15-37)46-41(28-57)50(85-51(46)70-67-42-10-8-7-9-34(42)26-55)69-68-47-31(2)40(27-56)48(59-35-16-20-38(21-17-35)87(75,76)81-3)63-49(47)60-36-18-22-39(23-19-36)88(77,78)82-4/h7-25H,6,29-30H2,1-5H3,(H2,59,60,63)(H,72,73,74)(H3,58,61,62,64,65,66). The first kappa shape index (κ1) is 64.7. The Hall–Kier alpha value is -10.3. The number of hydrogen-bond donors (Lipinski definition) is 6. The molecule has 0 fully saturated rings. The van der Waals surface area contributed by atoms with Gasteiger partial charge in [0.25, 0.3) is 40.5 Å². The third kappa shape index (κ3) is 15.8. The second kappa shape index (κ2) is 27.6. The summed E-state index contributed by atoms with van der Waals surface area (Å²) in [4.78, 5) is 28.9. The Bertz CT molecular complexity index is 4710. The molecule has 0 aliphatic carbocycles. The van der Waals surface area contributed by atoms with E-state index >= 15 is 0 Å². The first-order chi connectivity index (χ1) is 42.4. The van der Waals surface area contributed by atoms with Crippen molar-refractivity contribution >= 4 is 131 Å². The van der Waals surface area contributed by atoms with E-state index in [1.807, 2.05) is 0 Å². The number of azo groups is 2. The number of esters is 1. The largest absolute Gasteiger partial charge is 0.444 e. The fourth-order valence-corrected chi connectivity index (χ4v) is 11.5. The van der Waals surface area contributed by atoms with Crippen molar-refractivity contribution in [3.8, 4) is 29.3 Å². The zero-order valence-electron chi connectivity index (χ0n) is 46.8. The Morgan fingerprint density at radius 1 is 0.607 bits per heavy atom. The molecule has 5 aromatic carbocycles. The Morgan fingerprint density at radius 2 is 1.16 bits per heavy atom. The van der Waals surface area contributed by atoms with E-state index in [-0.39, 0.29) is 112 Å². The summed E-state index contributed by atoms with van der Waals surface area (Å²) >= 11 is 0.886. The minimum atomic E-state index is -4.58. The maximum absolute atomic E-state index is 13.0. The minimum Gasteiger partial charge on any atom is -0.444 e. The van der Waals surface area contributed by atoms with E-state index in [0.717, 1.165) is 50.9 Å². The van der Waals surface area contributed by atoms with Crippen LogP contribution in [0.15, 0.2) is 150 Å². The van der Waals surface area contributed by atoms with Crippen molar-refractivity contribution in [3.05, 3.63) is 143 Å². The predicted octanol–water partition coefficient (Wildman–Crippen LogP) is 10.4. The number of ether oxygens (including phenoxy) is 1. The van der Waals surface area contributed by atoms with E-state index in [9.17, 15) is 58.8 Å². The third-order valence-corrected chi connectivity index (χ3v) is 17.8. The second-order valence-corrected chi connectivity index (χ2v) is 25.5. The van der Waals surface area contributed by atoms with Crippen molar-refractivity contribution in [3.63, 3.8) is 0 Å². The highest BCUT2D eigenvalue weighted by Gasteiger charge is 2.25. The monoisotopic (exact) mass is 1300 g/mol. The van der Waals surface area contributed by atoms with E-state index < -0.39 is 63.8 Å². The van der Waals surface area contributed by atoms with E-state index in [4.69, 9.17) is 13.9 Å². The molecular formula is C54H46N16O14S5. The Kier molecular flexibility index (Phi) is 20.1. The number of hydrogen-bond acceptors (Lipinski definition) is 30. The van der Waals surface area contributed by atoms with Crippen LogP contribution in [0.5, 0.6) is 0 Å². The topological polar surface area (TPSA) is 443 Å². The Balaban J connectivity index is 1.20. The summed E-state index contributed by atoms with van der Waals surface area (Å²) < 4.78 is 128. The lowest BCUT2D eigenvalue weighted by Crippen LogP contribution is -2.15. The summed E-state index contributed by atoms with van der Waals surface area (Å²) in [5.41, 5.74) is 1.68. The number of rotatable bonds is 25. The van der Waals surface area contributed by atoms with E-state index in [1.165, 1.54) is 54.6 Å². The van der Waals surface area contributed by atoms with Gasteiger partial charge in [0.05, 0.1) is 47.9 Å². The highest BCUT2D eigenvalue weighted by Crippen LogP contribution is 2.49. The quantitative estimate of drug-likeness (QED) is 0.0102. The number of nitrogens with one attached hydrogen (secondary N) is 5. The molecule has 89 heavy (non-hydrogen) atoms. The lowest BCUT2D eigenvalue weighted by atomic mass is 10.0. The van der Waals surface area contributed by atoms with Crippen LogP contribution in [0.25, 0.3) is 11.1 Å². The first-order valence-electron chi connectivity index (χ1n) is 25.3. The number of nitrogens with zero attached hydrogens (tertiary/aromatic N) is 11. The summed E-state index contributed by atoms with van der Waals surface area (Å²) in [5.74, 6) is -2.20. The van der Waals surface area contributed by atoms with Gasteiger partial charge in [-0.05, 0) is 103 Å². The number of thiophene rings is 1. The minimum absolute atomic E-state index is 0.0154. The predicted molar refractivity (Wildman–Crippen MR) is 323 cm³/mol. The lowest BCUT2D eigenvalue weighted by molar-refractivity contribution is -0.142.